The Morgan fingerprint density at radius 2 is 0.983 bits per heavy atom. The molecule has 0 spiro atoms. The van der Waals surface area contributed by atoms with Gasteiger partial charge in [0.2, 0.25) is 0 Å². The van der Waals surface area contributed by atoms with E-state index in [1.807, 2.05) is 0 Å². The molecule has 0 aromatic heterocycles. The molecule has 0 fully saturated rings. The zero-order valence-corrected chi connectivity index (χ0v) is 35.2. The highest BCUT2D eigenvalue weighted by Crippen LogP contribution is 2.56. The fourth-order valence-corrected chi connectivity index (χ4v) is 10.6. The van der Waals surface area contributed by atoms with Crippen molar-refractivity contribution in [2.24, 2.45) is 0 Å². The number of hydrogen-bond acceptors (Lipinski definition) is 2. The Hall–Kier alpha value is -6.42. The van der Waals surface area contributed by atoms with Crippen LogP contribution in [0.4, 0.5) is 34.1 Å². The van der Waals surface area contributed by atoms with E-state index >= 15 is 0 Å². The molecule has 0 heterocycles. The largest absolute Gasteiger partial charge is 0.310 e. The number of benzene rings is 9. The average Bonchev–Trinajstić information content (AvgIpc) is 3.46. The van der Waals surface area contributed by atoms with Crippen molar-refractivity contribution >= 4 is 79.7 Å². The first kappa shape index (κ1) is 36.0. The minimum Gasteiger partial charge on any atom is -0.310 e. The molecule has 0 unspecified atom stereocenters. The number of anilines is 6. The molecule has 0 aliphatic heterocycles. The Bertz CT molecular complexity index is 3030. The van der Waals surface area contributed by atoms with Gasteiger partial charge in [0.1, 0.15) is 0 Å². The van der Waals surface area contributed by atoms with E-state index in [1.54, 1.807) is 0 Å². The number of aryl methyl sites for hydroxylation is 1. The van der Waals surface area contributed by atoms with Crippen molar-refractivity contribution in [3.8, 4) is 11.1 Å². The molecule has 0 radical (unpaired) electrons. The van der Waals surface area contributed by atoms with Gasteiger partial charge in [0, 0.05) is 39.5 Å². The molecule has 2 nitrogen and oxygen atoms in total. The van der Waals surface area contributed by atoms with Gasteiger partial charge < -0.3 is 9.80 Å². The molecule has 9 aromatic carbocycles. The van der Waals surface area contributed by atoms with Gasteiger partial charge in [-0.05, 0) is 152 Å². The molecule has 0 atom stereocenters. The molecule has 0 saturated carbocycles. The molecular weight excluding hydrogens is 717 g/mol. The summed E-state index contributed by atoms with van der Waals surface area (Å²) in [5.41, 5.74) is 13.5. The summed E-state index contributed by atoms with van der Waals surface area (Å²) in [7, 11) is -1.54. The number of para-hydroxylation sites is 2. The Morgan fingerprint density at radius 1 is 0.414 bits per heavy atom. The zero-order valence-electron chi connectivity index (χ0n) is 34.2. The van der Waals surface area contributed by atoms with Crippen LogP contribution in [-0.2, 0) is 5.41 Å². The maximum absolute atomic E-state index is 2.48. The van der Waals surface area contributed by atoms with Crippen LogP contribution >= 0.6 is 0 Å². The van der Waals surface area contributed by atoms with Gasteiger partial charge >= 0.3 is 0 Å². The van der Waals surface area contributed by atoms with Crippen molar-refractivity contribution in [3.63, 3.8) is 0 Å². The molecule has 282 valence electrons. The third-order valence-electron chi connectivity index (χ3n) is 12.3. The van der Waals surface area contributed by atoms with Crippen molar-refractivity contribution in [2.45, 2.75) is 45.8 Å². The minimum absolute atomic E-state index is 0.223. The molecule has 0 amide bonds. The monoisotopic (exact) mass is 764 g/mol. The first-order chi connectivity index (χ1) is 28.1. The third kappa shape index (κ3) is 5.92. The van der Waals surface area contributed by atoms with E-state index in [2.05, 4.69) is 232 Å². The van der Waals surface area contributed by atoms with Gasteiger partial charge in [-0.25, -0.2) is 0 Å². The zero-order chi connectivity index (χ0) is 39.8. The van der Waals surface area contributed by atoms with E-state index < -0.39 is 8.07 Å². The molecule has 1 aliphatic carbocycles. The van der Waals surface area contributed by atoms with Crippen LogP contribution in [0.2, 0.25) is 19.6 Å². The van der Waals surface area contributed by atoms with Crippen molar-refractivity contribution in [2.75, 3.05) is 9.80 Å². The normalized spacial score (nSPS) is 13.1. The lowest BCUT2D eigenvalue weighted by molar-refractivity contribution is 0.667. The Kier molecular flexibility index (Phi) is 8.44. The fraction of sp³-hybridized carbons (Fsp3) is 0.127. The summed E-state index contributed by atoms with van der Waals surface area (Å²) < 4.78 is 0. The SMILES string of the molecule is Cc1cccc(N(c2ccccc2)c2ccc3cc4c(cc3c2)C(C)(C)c2c-4c3ccccc3c3cc(N(c4ccccc4)c4cccc([Si](C)(C)C)c4)ccc23)c1. The predicted octanol–water partition coefficient (Wildman–Crippen LogP) is 15.2. The van der Waals surface area contributed by atoms with Crippen LogP contribution in [0.15, 0.2) is 182 Å². The smallest absolute Gasteiger partial charge is 0.0776 e. The van der Waals surface area contributed by atoms with Crippen molar-refractivity contribution in [1.82, 2.24) is 0 Å². The Morgan fingerprint density at radius 3 is 1.66 bits per heavy atom. The van der Waals surface area contributed by atoms with Gasteiger partial charge in [-0.1, -0.05) is 136 Å². The van der Waals surface area contributed by atoms with E-state index in [1.165, 1.54) is 76.7 Å². The van der Waals surface area contributed by atoms with Gasteiger partial charge in [-0.3, -0.25) is 0 Å². The first-order valence-corrected chi connectivity index (χ1v) is 24.0. The maximum Gasteiger partial charge on any atom is 0.0776 e. The van der Waals surface area contributed by atoms with Crippen LogP contribution in [0.1, 0.15) is 30.5 Å². The second kappa shape index (κ2) is 13.6. The molecule has 0 N–H and O–H groups in total. The highest BCUT2D eigenvalue weighted by molar-refractivity contribution is 6.88. The highest BCUT2D eigenvalue weighted by atomic mass is 28.3. The first-order valence-electron chi connectivity index (χ1n) is 20.5. The van der Waals surface area contributed by atoms with Gasteiger partial charge in [0.15, 0.2) is 0 Å². The average molecular weight is 765 g/mol. The van der Waals surface area contributed by atoms with Gasteiger partial charge in [0.25, 0.3) is 0 Å². The molecule has 1 aliphatic rings. The summed E-state index contributed by atoms with van der Waals surface area (Å²) >= 11 is 0. The molecule has 3 heteroatoms. The van der Waals surface area contributed by atoms with E-state index in [4.69, 9.17) is 0 Å². The number of rotatable bonds is 7. The van der Waals surface area contributed by atoms with Crippen molar-refractivity contribution in [3.05, 3.63) is 199 Å². The molecule has 58 heavy (non-hydrogen) atoms. The molecule has 9 aromatic rings. The van der Waals surface area contributed by atoms with Crippen molar-refractivity contribution in [1.29, 1.82) is 0 Å². The molecule has 0 bridgehead atoms. The van der Waals surface area contributed by atoms with Crippen LogP contribution in [0, 0.1) is 6.92 Å². The summed E-state index contributed by atoms with van der Waals surface area (Å²) in [6, 6.07) is 67.7. The van der Waals surface area contributed by atoms with Crippen LogP contribution in [0.25, 0.3) is 43.4 Å². The lowest BCUT2D eigenvalue weighted by Crippen LogP contribution is -2.37. The van der Waals surface area contributed by atoms with Gasteiger partial charge in [-0.15, -0.1) is 0 Å². The highest BCUT2D eigenvalue weighted by Gasteiger charge is 2.39. The second-order valence-electron chi connectivity index (χ2n) is 17.6. The Labute approximate surface area is 343 Å². The summed E-state index contributed by atoms with van der Waals surface area (Å²) in [5.74, 6) is 0. The molecule has 0 saturated heterocycles. The van der Waals surface area contributed by atoms with E-state index in [0.29, 0.717) is 0 Å². The van der Waals surface area contributed by atoms with Crippen LogP contribution in [-0.4, -0.2) is 8.07 Å². The maximum atomic E-state index is 2.48. The summed E-state index contributed by atoms with van der Waals surface area (Å²) in [5, 5.41) is 9.17. The van der Waals surface area contributed by atoms with Crippen LogP contribution in [0.5, 0.6) is 0 Å². The molecule has 10 rings (SSSR count). The van der Waals surface area contributed by atoms with Crippen LogP contribution < -0.4 is 15.0 Å². The minimum atomic E-state index is -1.54. The fourth-order valence-electron chi connectivity index (χ4n) is 9.46. The van der Waals surface area contributed by atoms with E-state index in [0.717, 1.165) is 22.7 Å². The number of fused-ring (bicyclic) bond motifs is 9. The lowest BCUT2D eigenvalue weighted by atomic mass is 9.79. The predicted molar refractivity (Wildman–Crippen MR) is 254 cm³/mol. The van der Waals surface area contributed by atoms with E-state index in [9.17, 15) is 0 Å². The summed E-state index contributed by atoms with van der Waals surface area (Å²) in [4.78, 5) is 4.81. The van der Waals surface area contributed by atoms with Gasteiger partial charge in [0.05, 0.1) is 8.07 Å². The summed E-state index contributed by atoms with van der Waals surface area (Å²) in [6.45, 7) is 14.3. The second-order valence-corrected chi connectivity index (χ2v) is 22.6. The standard InChI is InChI=1S/C55H48N2Si/c1-37-17-15-22-42(31-37)56(40-18-9-7-10-19-40)44-28-27-38-33-51-52(34-39(38)32-44)55(2,3)54-49-30-29-45(36-50(49)47-25-13-14-26-48(47)53(51)54)57(41-20-11-8-12-21-41)43-23-16-24-46(35-43)58(4,5)6/h7-36H,1-6H3. The Balaban J connectivity index is 1.16. The van der Waals surface area contributed by atoms with Crippen LogP contribution in [0.3, 0.4) is 0 Å². The van der Waals surface area contributed by atoms with Gasteiger partial charge in [-0.2, -0.15) is 0 Å². The lowest BCUT2D eigenvalue weighted by Gasteiger charge is -2.29. The third-order valence-corrected chi connectivity index (χ3v) is 14.4. The van der Waals surface area contributed by atoms with Crippen molar-refractivity contribution < 1.29 is 0 Å². The number of hydrogen-bond donors (Lipinski definition) is 0. The quantitative estimate of drug-likeness (QED) is 0.118. The number of nitrogens with zero attached hydrogens (tertiary/aromatic N) is 2. The summed E-state index contributed by atoms with van der Waals surface area (Å²) in [6.07, 6.45) is 0. The topological polar surface area (TPSA) is 6.48 Å². The van der Waals surface area contributed by atoms with E-state index in [-0.39, 0.29) is 5.41 Å². The molecular formula is C55H48N2Si.